The molecule has 0 atom stereocenters. The summed E-state index contributed by atoms with van der Waals surface area (Å²) in [6.07, 6.45) is 5.29. The van der Waals surface area contributed by atoms with Gasteiger partial charge < -0.3 is 5.32 Å². The van der Waals surface area contributed by atoms with Crippen LogP contribution in [0.1, 0.15) is 21.6 Å². The quantitative estimate of drug-likeness (QED) is 0.259. The molecule has 2 aromatic heterocycles. The number of aromatic nitrogens is 4. The van der Waals surface area contributed by atoms with E-state index in [1.807, 2.05) is 41.2 Å². The fourth-order valence-electron chi connectivity index (χ4n) is 3.93. The Bertz CT molecular complexity index is 1510. The third-order valence-electron chi connectivity index (χ3n) is 5.75. The molecule has 3 aromatic carbocycles. The number of hydrogen-bond acceptors (Lipinski definition) is 5. The molecule has 0 fully saturated rings. The number of rotatable bonds is 8. The average molecular weight is 479 g/mol. The van der Waals surface area contributed by atoms with Gasteiger partial charge in [-0.15, -0.1) is 0 Å². The average Bonchev–Trinajstić information content (AvgIpc) is 3.61. The highest BCUT2D eigenvalue weighted by Crippen LogP contribution is 2.24. The zero-order valence-electron chi connectivity index (χ0n) is 19.2. The minimum atomic E-state index is -0.467. The van der Waals surface area contributed by atoms with Crippen molar-refractivity contribution in [3.8, 4) is 16.8 Å². The zero-order valence-corrected chi connectivity index (χ0v) is 19.2. The van der Waals surface area contributed by atoms with Crippen molar-refractivity contribution in [2.24, 2.45) is 0 Å². The number of nitro benzene ring substituents is 1. The SMILES string of the molecule is O=C(NCc1ccccc1-c1ccc(Cn2cccn2)cc1)c1ccn(-c2cccc([N+](=O)[O-])c2)n1. The summed E-state index contributed by atoms with van der Waals surface area (Å²) in [7, 11) is 0. The number of carbonyl (C=O) groups excluding carboxylic acids is 1. The molecule has 36 heavy (non-hydrogen) atoms. The predicted molar refractivity (Wildman–Crippen MR) is 135 cm³/mol. The van der Waals surface area contributed by atoms with Crippen molar-refractivity contribution in [3.63, 3.8) is 0 Å². The van der Waals surface area contributed by atoms with Crippen LogP contribution in [0.3, 0.4) is 0 Å². The number of amides is 1. The highest BCUT2D eigenvalue weighted by molar-refractivity contribution is 5.92. The summed E-state index contributed by atoms with van der Waals surface area (Å²) in [6, 6.07) is 25.8. The fourth-order valence-corrected chi connectivity index (χ4v) is 3.93. The Labute approximate surface area is 206 Å². The Balaban J connectivity index is 1.27. The summed E-state index contributed by atoms with van der Waals surface area (Å²) in [5, 5.41) is 22.5. The molecule has 0 saturated heterocycles. The maximum atomic E-state index is 12.8. The van der Waals surface area contributed by atoms with Crippen LogP contribution in [0.4, 0.5) is 5.69 Å². The van der Waals surface area contributed by atoms with Gasteiger partial charge in [0.2, 0.25) is 0 Å². The number of nitrogens with one attached hydrogen (secondary N) is 1. The normalized spacial score (nSPS) is 10.8. The van der Waals surface area contributed by atoms with Crippen LogP contribution in [-0.4, -0.2) is 30.4 Å². The maximum Gasteiger partial charge on any atom is 0.272 e. The molecule has 0 aliphatic carbocycles. The molecule has 0 bridgehead atoms. The van der Waals surface area contributed by atoms with Crippen molar-refractivity contribution in [2.75, 3.05) is 0 Å². The molecule has 5 rings (SSSR count). The number of benzene rings is 3. The van der Waals surface area contributed by atoms with Gasteiger partial charge in [-0.2, -0.15) is 10.2 Å². The first-order valence-corrected chi connectivity index (χ1v) is 11.3. The fraction of sp³-hybridized carbons (Fsp3) is 0.0741. The second-order valence-corrected chi connectivity index (χ2v) is 8.16. The first-order chi connectivity index (χ1) is 17.6. The first kappa shape index (κ1) is 22.7. The molecular formula is C27H22N6O3. The number of nitro groups is 1. The van der Waals surface area contributed by atoms with E-state index < -0.39 is 4.92 Å². The van der Waals surface area contributed by atoms with E-state index in [0.29, 0.717) is 18.8 Å². The molecule has 0 aliphatic heterocycles. The third kappa shape index (κ3) is 5.05. The summed E-state index contributed by atoms with van der Waals surface area (Å²) < 4.78 is 3.32. The van der Waals surface area contributed by atoms with Gasteiger partial charge in [0.15, 0.2) is 5.69 Å². The van der Waals surface area contributed by atoms with Gasteiger partial charge in [-0.05, 0) is 40.5 Å². The van der Waals surface area contributed by atoms with Crippen molar-refractivity contribution in [1.82, 2.24) is 24.9 Å². The largest absolute Gasteiger partial charge is 0.347 e. The summed E-state index contributed by atoms with van der Waals surface area (Å²) in [5.74, 6) is -0.330. The minimum absolute atomic E-state index is 0.0416. The molecule has 2 heterocycles. The molecule has 1 N–H and O–H groups in total. The Kier molecular flexibility index (Phi) is 6.35. The van der Waals surface area contributed by atoms with E-state index in [1.165, 1.54) is 16.8 Å². The molecule has 1 amide bonds. The van der Waals surface area contributed by atoms with Gasteiger partial charge in [-0.3, -0.25) is 19.6 Å². The molecule has 9 nitrogen and oxygen atoms in total. The van der Waals surface area contributed by atoms with Crippen LogP contribution in [-0.2, 0) is 13.1 Å². The van der Waals surface area contributed by atoms with Crippen LogP contribution in [0, 0.1) is 10.1 Å². The van der Waals surface area contributed by atoms with Crippen molar-refractivity contribution in [3.05, 3.63) is 130 Å². The molecule has 0 aliphatic rings. The number of nitrogens with zero attached hydrogens (tertiary/aromatic N) is 5. The second-order valence-electron chi connectivity index (χ2n) is 8.16. The van der Waals surface area contributed by atoms with Crippen molar-refractivity contribution >= 4 is 11.6 Å². The monoisotopic (exact) mass is 478 g/mol. The van der Waals surface area contributed by atoms with E-state index in [9.17, 15) is 14.9 Å². The lowest BCUT2D eigenvalue weighted by atomic mass is 9.98. The second kappa shape index (κ2) is 10.1. The van der Waals surface area contributed by atoms with Gasteiger partial charge in [0, 0.05) is 37.3 Å². The van der Waals surface area contributed by atoms with E-state index in [0.717, 1.165) is 22.3 Å². The van der Waals surface area contributed by atoms with Gasteiger partial charge in [-0.25, -0.2) is 4.68 Å². The van der Waals surface area contributed by atoms with Crippen LogP contribution in [0.15, 0.2) is 104 Å². The van der Waals surface area contributed by atoms with Crippen molar-refractivity contribution in [1.29, 1.82) is 0 Å². The Morgan fingerprint density at radius 3 is 2.56 bits per heavy atom. The highest BCUT2D eigenvalue weighted by atomic mass is 16.6. The van der Waals surface area contributed by atoms with Gasteiger partial charge in [0.1, 0.15) is 0 Å². The van der Waals surface area contributed by atoms with Crippen LogP contribution >= 0.6 is 0 Å². The molecular weight excluding hydrogens is 456 g/mol. The molecule has 178 valence electrons. The summed E-state index contributed by atoms with van der Waals surface area (Å²) in [6.45, 7) is 1.03. The number of carbonyl (C=O) groups is 1. The Morgan fingerprint density at radius 2 is 1.78 bits per heavy atom. The van der Waals surface area contributed by atoms with Gasteiger partial charge >= 0.3 is 0 Å². The minimum Gasteiger partial charge on any atom is -0.347 e. The van der Waals surface area contributed by atoms with Gasteiger partial charge in [0.05, 0.1) is 17.2 Å². The lowest BCUT2D eigenvalue weighted by molar-refractivity contribution is -0.384. The predicted octanol–water partition coefficient (Wildman–Crippen LogP) is 4.62. The summed E-state index contributed by atoms with van der Waals surface area (Å²) in [4.78, 5) is 23.3. The molecule has 9 heteroatoms. The van der Waals surface area contributed by atoms with E-state index in [1.54, 1.807) is 30.6 Å². The highest BCUT2D eigenvalue weighted by Gasteiger charge is 2.13. The molecule has 0 radical (unpaired) electrons. The van der Waals surface area contributed by atoms with E-state index in [2.05, 4.69) is 39.8 Å². The Morgan fingerprint density at radius 1 is 0.944 bits per heavy atom. The summed E-state index contributed by atoms with van der Waals surface area (Å²) in [5.41, 5.74) is 4.90. The maximum absolute atomic E-state index is 12.8. The molecule has 0 spiro atoms. The number of non-ortho nitro benzene ring substituents is 1. The van der Waals surface area contributed by atoms with Gasteiger partial charge in [-0.1, -0.05) is 54.6 Å². The Hall–Kier alpha value is -5.05. The van der Waals surface area contributed by atoms with Crippen LogP contribution in [0.5, 0.6) is 0 Å². The zero-order chi connectivity index (χ0) is 24.9. The standard InChI is InChI=1S/C27H22N6O3/c34-27(26-13-16-32(30-26)23-6-3-7-24(17-23)33(35)36)28-18-22-5-1-2-8-25(22)21-11-9-20(10-12-21)19-31-15-4-14-29-31/h1-17H,18-19H2,(H,28,34). The lowest BCUT2D eigenvalue weighted by Gasteiger charge is -2.11. The van der Waals surface area contributed by atoms with Crippen LogP contribution in [0.25, 0.3) is 16.8 Å². The third-order valence-corrected chi connectivity index (χ3v) is 5.75. The van der Waals surface area contributed by atoms with Crippen LogP contribution in [0.2, 0.25) is 0 Å². The van der Waals surface area contributed by atoms with Crippen molar-refractivity contribution < 1.29 is 9.72 Å². The molecule has 0 saturated carbocycles. The number of hydrogen-bond donors (Lipinski definition) is 1. The topological polar surface area (TPSA) is 108 Å². The van der Waals surface area contributed by atoms with Gasteiger partial charge in [0.25, 0.3) is 11.6 Å². The first-order valence-electron chi connectivity index (χ1n) is 11.3. The van der Waals surface area contributed by atoms with Crippen molar-refractivity contribution in [2.45, 2.75) is 13.1 Å². The molecule has 5 aromatic rings. The molecule has 0 unspecified atom stereocenters. The van der Waals surface area contributed by atoms with Crippen LogP contribution < -0.4 is 5.32 Å². The summed E-state index contributed by atoms with van der Waals surface area (Å²) >= 11 is 0. The smallest absolute Gasteiger partial charge is 0.272 e. The lowest BCUT2D eigenvalue weighted by Crippen LogP contribution is -2.23. The van der Waals surface area contributed by atoms with E-state index >= 15 is 0 Å². The van der Waals surface area contributed by atoms with E-state index in [4.69, 9.17) is 0 Å². The van der Waals surface area contributed by atoms with E-state index in [-0.39, 0.29) is 17.3 Å².